The van der Waals surface area contributed by atoms with Gasteiger partial charge in [-0.25, -0.2) is 8.78 Å². The highest BCUT2D eigenvalue weighted by molar-refractivity contribution is 7.99. The minimum Gasteiger partial charge on any atom is -0.480 e. The first-order valence-corrected chi connectivity index (χ1v) is 6.07. The van der Waals surface area contributed by atoms with Crippen LogP contribution < -0.4 is 5.32 Å². The summed E-state index contributed by atoms with van der Waals surface area (Å²) in [5.74, 6) is -2.11. The molecule has 94 valence electrons. The van der Waals surface area contributed by atoms with Crippen molar-refractivity contribution in [3.05, 3.63) is 29.8 Å². The zero-order valence-electron chi connectivity index (χ0n) is 9.24. The van der Waals surface area contributed by atoms with Crippen LogP contribution >= 0.6 is 11.8 Å². The molecule has 1 aromatic carbocycles. The molecule has 0 heterocycles. The molecule has 0 bridgehead atoms. The van der Waals surface area contributed by atoms with Crippen LogP contribution in [0.5, 0.6) is 0 Å². The molecule has 1 atom stereocenters. The molecule has 6 heteroatoms. The number of hydrogen-bond acceptors (Lipinski definition) is 3. The number of halogens is 2. The first kappa shape index (κ1) is 13.9. The van der Waals surface area contributed by atoms with Gasteiger partial charge in [-0.05, 0) is 18.7 Å². The quantitative estimate of drug-likeness (QED) is 0.770. The number of hydrogen-bond donors (Lipinski definition) is 2. The number of aliphatic carboxylic acids is 1. The average molecular weight is 261 g/mol. The molecule has 1 rings (SSSR count). The second kappa shape index (κ2) is 6.56. The molecule has 0 aliphatic carbocycles. The SMILES string of the molecule is CCNC(CSc1ccc(F)cc1F)C(=O)O. The van der Waals surface area contributed by atoms with Gasteiger partial charge >= 0.3 is 5.97 Å². The van der Waals surface area contributed by atoms with Gasteiger partial charge in [-0.1, -0.05) is 6.92 Å². The lowest BCUT2D eigenvalue weighted by Crippen LogP contribution is -2.38. The third-order valence-electron chi connectivity index (χ3n) is 2.05. The molecule has 0 saturated heterocycles. The fourth-order valence-corrected chi connectivity index (χ4v) is 2.20. The van der Waals surface area contributed by atoms with Crippen LogP contribution in [0.4, 0.5) is 8.78 Å². The molecule has 1 unspecified atom stereocenters. The minimum atomic E-state index is -0.984. The summed E-state index contributed by atoms with van der Waals surface area (Å²) in [5.41, 5.74) is 0. The lowest BCUT2D eigenvalue weighted by molar-refractivity contribution is -0.138. The molecular weight excluding hydrogens is 248 g/mol. The summed E-state index contributed by atoms with van der Waals surface area (Å²) < 4.78 is 25.9. The summed E-state index contributed by atoms with van der Waals surface area (Å²) in [5, 5.41) is 11.6. The van der Waals surface area contributed by atoms with Crippen molar-refractivity contribution in [3.8, 4) is 0 Å². The van der Waals surface area contributed by atoms with E-state index >= 15 is 0 Å². The Morgan fingerprint density at radius 1 is 1.53 bits per heavy atom. The van der Waals surface area contributed by atoms with Crippen LogP contribution in [0.1, 0.15) is 6.92 Å². The van der Waals surface area contributed by atoms with Crippen molar-refractivity contribution in [1.29, 1.82) is 0 Å². The summed E-state index contributed by atoms with van der Waals surface area (Å²) in [6.45, 7) is 2.31. The molecule has 17 heavy (non-hydrogen) atoms. The van der Waals surface area contributed by atoms with Crippen LogP contribution in [0.3, 0.4) is 0 Å². The molecule has 0 spiro atoms. The Hall–Kier alpha value is -1.14. The van der Waals surface area contributed by atoms with E-state index in [0.717, 1.165) is 23.9 Å². The average Bonchev–Trinajstić information content (AvgIpc) is 2.25. The van der Waals surface area contributed by atoms with Crippen molar-refractivity contribution in [2.75, 3.05) is 12.3 Å². The molecule has 0 fully saturated rings. The molecule has 0 radical (unpaired) electrons. The maximum atomic E-state index is 13.3. The van der Waals surface area contributed by atoms with E-state index in [0.29, 0.717) is 6.54 Å². The number of carboxylic acids is 1. The maximum Gasteiger partial charge on any atom is 0.321 e. The van der Waals surface area contributed by atoms with Crippen LogP contribution in [0.2, 0.25) is 0 Å². The smallest absolute Gasteiger partial charge is 0.321 e. The van der Waals surface area contributed by atoms with Gasteiger partial charge in [0.05, 0.1) is 0 Å². The fraction of sp³-hybridized carbons (Fsp3) is 0.364. The van der Waals surface area contributed by atoms with Crippen molar-refractivity contribution >= 4 is 17.7 Å². The van der Waals surface area contributed by atoms with Crippen molar-refractivity contribution in [2.45, 2.75) is 17.9 Å². The number of carboxylic acid groups (broad SMARTS) is 1. The fourth-order valence-electron chi connectivity index (χ4n) is 1.23. The predicted molar refractivity (Wildman–Crippen MR) is 62.2 cm³/mol. The van der Waals surface area contributed by atoms with Gasteiger partial charge in [-0.15, -0.1) is 11.8 Å². The van der Waals surface area contributed by atoms with Crippen LogP contribution in [0.15, 0.2) is 23.1 Å². The number of thioether (sulfide) groups is 1. The molecule has 3 nitrogen and oxygen atoms in total. The number of benzene rings is 1. The molecule has 0 aliphatic heterocycles. The zero-order chi connectivity index (χ0) is 12.8. The minimum absolute atomic E-state index is 0.186. The van der Waals surface area contributed by atoms with Gasteiger partial charge in [-0.3, -0.25) is 4.79 Å². The Morgan fingerprint density at radius 3 is 2.76 bits per heavy atom. The monoisotopic (exact) mass is 261 g/mol. The van der Waals surface area contributed by atoms with Gasteiger partial charge in [-0.2, -0.15) is 0 Å². The van der Waals surface area contributed by atoms with E-state index in [-0.39, 0.29) is 10.6 Å². The Balaban J connectivity index is 2.62. The first-order valence-electron chi connectivity index (χ1n) is 5.08. The first-order chi connectivity index (χ1) is 8.04. The van der Waals surface area contributed by atoms with Crippen LogP contribution in [0, 0.1) is 11.6 Å². The predicted octanol–water partition coefficient (Wildman–Crippen LogP) is 2.12. The van der Waals surface area contributed by atoms with Gasteiger partial charge in [0.25, 0.3) is 0 Å². The van der Waals surface area contributed by atoms with Gasteiger partial charge < -0.3 is 10.4 Å². The topological polar surface area (TPSA) is 49.3 Å². The summed E-state index contributed by atoms with van der Waals surface area (Å²) in [4.78, 5) is 11.1. The van der Waals surface area contributed by atoms with Crippen LogP contribution in [0.25, 0.3) is 0 Å². The van der Waals surface area contributed by atoms with Crippen molar-refractivity contribution in [1.82, 2.24) is 5.32 Å². The van der Waals surface area contributed by atoms with Crippen LogP contribution in [-0.2, 0) is 4.79 Å². The molecule has 0 aliphatic rings. The second-order valence-electron chi connectivity index (χ2n) is 3.33. The third-order valence-corrected chi connectivity index (χ3v) is 3.19. The normalized spacial score (nSPS) is 12.4. The van der Waals surface area contributed by atoms with Crippen molar-refractivity contribution in [3.63, 3.8) is 0 Å². The van der Waals surface area contributed by atoms with E-state index in [1.807, 2.05) is 0 Å². The highest BCUT2D eigenvalue weighted by Crippen LogP contribution is 2.22. The zero-order valence-corrected chi connectivity index (χ0v) is 10.1. The maximum absolute atomic E-state index is 13.3. The molecule has 0 saturated carbocycles. The van der Waals surface area contributed by atoms with Crippen LogP contribution in [-0.4, -0.2) is 29.4 Å². The Bertz CT molecular complexity index is 401. The molecule has 1 aromatic rings. The van der Waals surface area contributed by atoms with E-state index in [9.17, 15) is 13.6 Å². The summed E-state index contributed by atoms with van der Waals surface area (Å²) in [6.07, 6.45) is 0. The van der Waals surface area contributed by atoms with E-state index in [2.05, 4.69) is 5.32 Å². The van der Waals surface area contributed by atoms with E-state index < -0.39 is 23.6 Å². The van der Waals surface area contributed by atoms with Crippen molar-refractivity contribution < 1.29 is 18.7 Å². The summed E-state index contributed by atoms with van der Waals surface area (Å²) in [6, 6.07) is 2.49. The summed E-state index contributed by atoms with van der Waals surface area (Å²) >= 11 is 1.05. The van der Waals surface area contributed by atoms with Gasteiger partial charge in [0.15, 0.2) is 0 Å². The lowest BCUT2D eigenvalue weighted by Gasteiger charge is -2.12. The number of rotatable bonds is 6. The van der Waals surface area contributed by atoms with Gasteiger partial charge in [0.1, 0.15) is 17.7 Å². The largest absolute Gasteiger partial charge is 0.480 e. The van der Waals surface area contributed by atoms with Gasteiger partial charge in [0, 0.05) is 16.7 Å². The second-order valence-corrected chi connectivity index (χ2v) is 4.40. The standard InChI is InChI=1S/C11H13F2NO2S/c1-2-14-9(11(15)16)6-17-10-4-3-7(12)5-8(10)13/h3-5,9,14H,2,6H2,1H3,(H,15,16). The highest BCUT2D eigenvalue weighted by atomic mass is 32.2. The molecule has 2 N–H and O–H groups in total. The Morgan fingerprint density at radius 2 is 2.24 bits per heavy atom. The van der Waals surface area contributed by atoms with Crippen molar-refractivity contribution in [2.24, 2.45) is 0 Å². The highest BCUT2D eigenvalue weighted by Gasteiger charge is 2.17. The Kier molecular flexibility index (Phi) is 5.37. The molecule has 0 aromatic heterocycles. The summed E-state index contributed by atoms with van der Waals surface area (Å²) in [7, 11) is 0. The molecule has 0 amide bonds. The Labute approximate surface area is 102 Å². The number of carbonyl (C=O) groups is 1. The lowest BCUT2D eigenvalue weighted by atomic mass is 10.3. The van der Waals surface area contributed by atoms with E-state index in [1.165, 1.54) is 6.07 Å². The van der Waals surface area contributed by atoms with Gasteiger partial charge in [0.2, 0.25) is 0 Å². The molecular formula is C11H13F2NO2S. The third kappa shape index (κ3) is 4.32. The van der Waals surface area contributed by atoms with E-state index in [1.54, 1.807) is 6.92 Å². The number of likely N-dealkylation sites (N-methyl/N-ethyl adjacent to an activating group) is 1. The van der Waals surface area contributed by atoms with E-state index in [4.69, 9.17) is 5.11 Å². The number of nitrogens with one attached hydrogen (secondary N) is 1.